The molecule has 1 aromatic carbocycles. The summed E-state index contributed by atoms with van der Waals surface area (Å²) in [5.41, 5.74) is 7.18. The maximum atomic E-state index is 12.6. The van der Waals surface area contributed by atoms with Crippen molar-refractivity contribution < 1.29 is 14.3 Å². The molecule has 33 heavy (non-hydrogen) atoms. The minimum Gasteiger partial charge on any atom is -0.497 e. The molecular formula is C23H27N5O3S2. The molecule has 0 bridgehead atoms. The van der Waals surface area contributed by atoms with E-state index >= 15 is 0 Å². The molecule has 0 spiro atoms. The highest BCUT2D eigenvalue weighted by molar-refractivity contribution is 7.71. The third-order valence-corrected chi connectivity index (χ3v) is 7.25. The molecule has 0 fully saturated rings. The highest BCUT2D eigenvalue weighted by atomic mass is 32.1. The van der Waals surface area contributed by atoms with E-state index in [1.54, 1.807) is 11.7 Å². The molecule has 1 aliphatic rings. The summed E-state index contributed by atoms with van der Waals surface area (Å²) < 4.78 is 7.38. The van der Waals surface area contributed by atoms with E-state index < -0.39 is 0 Å². The molecule has 0 saturated carbocycles. The number of carbonyl (C=O) groups is 2. The molecule has 174 valence electrons. The van der Waals surface area contributed by atoms with Gasteiger partial charge in [0.05, 0.1) is 12.0 Å². The van der Waals surface area contributed by atoms with Crippen LogP contribution in [0.15, 0.2) is 30.3 Å². The zero-order valence-corrected chi connectivity index (χ0v) is 20.1. The predicted molar refractivity (Wildman–Crippen MR) is 130 cm³/mol. The van der Waals surface area contributed by atoms with Crippen LogP contribution in [-0.4, -0.2) is 33.7 Å². The number of nitrogens with one attached hydrogen (secondary N) is 3. The number of aromatic nitrogens is 3. The van der Waals surface area contributed by atoms with Gasteiger partial charge >= 0.3 is 0 Å². The van der Waals surface area contributed by atoms with Gasteiger partial charge in [-0.2, -0.15) is 5.10 Å². The lowest BCUT2D eigenvalue weighted by molar-refractivity contribution is -0.122. The van der Waals surface area contributed by atoms with Gasteiger partial charge in [0.25, 0.3) is 5.91 Å². The van der Waals surface area contributed by atoms with Gasteiger partial charge < -0.3 is 4.74 Å². The fourth-order valence-corrected chi connectivity index (χ4v) is 5.28. The first-order valence-electron chi connectivity index (χ1n) is 11.1. The molecule has 10 heteroatoms. The van der Waals surface area contributed by atoms with Crippen molar-refractivity contribution in [2.24, 2.45) is 0 Å². The fourth-order valence-electron chi connectivity index (χ4n) is 3.91. The van der Waals surface area contributed by atoms with Gasteiger partial charge in [-0.1, -0.05) is 12.8 Å². The number of aromatic amines is 1. The van der Waals surface area contributed by atoms with Gasteiger partial charge in [0, 0.05) is 23.4 Å². The summed E-state index contributed by atoms with van der Waals surface area (Å²) in [5.74, 6) is 0.795. The van der Waals surface area contributed by atoms with E-state index in [2.05, 4.69) is 21.0 Å². The monoisotopic (exact) mass is 485 g/mol. The van der Waals surface area contributed by atoms with Crippen molar-refractivity contribution in [3.8, 4) is 17.1 Å². The number of aryl methyl sites for hydroxylation is 2. The molecule has 3 N–H and O–H groups in total. The van der Waals surface area contributed by atoms with E-state index in [-0.39, 0.29) is 18.2 Å². The first kappa shape index (κ1) is 23.2. The molecule has 8 nitrogen and oxygen atoms in total. The van der Waals surface area contributed by atoms with Crippen molar-refractivity contribution >= 4 is 35.4 Å². The number of hydrogen-bond acceptors (Lipinski definition) is 6. The minimum atomic E-state index is -0.304. The lowest BCUT2D eigenvalue weighted by Crippen LogP contribution is -2.41. The lowest BCUT2D eigenvalue weighted by Gasteiger charge is -2.09. The molecule has 1 aliphatic carbocycles. The maximum absolute atomic E-state index is 12.6. The third-order valence-electron chi connectivity index (χ3n) is 5.70. The van der Waals surface area contributed by atoms with E-state index in [1.807, 2.05) is 30.3 Å². The summed E-state index contributed by atoms with van der Waals surface area (Å²) in [4.78, 5) is 26.9. The average molecular weight is 486 g/mol. The number of H-pyrrole nitrogens is 1. The Morgan fingerprint density at radius 2 is 1.91 bits per heavy atom. The van der Waals surface area contributed by atoms with Crippen LogP contribution in [-0.2, 0) is 24.2 Å². The zero-order valence-electron chi connectivity index (χ0n) is 18.5. The number of fused-ring (bicyclic) bond motifs is 1. The van der Waals surface area contributed by atoms with E-state index in [4.69, 9.17) is 17.0 Å². The van der Waals surface area contributed by atoms with E-state index in [0.29, 0.717) is 22.0 Å². The van der Waals surface area contributed by atoms with E-state index in [1.165, 1.54) is 41.0 Å². The Morgan fingerprint density at radius 3 is 2.67 bits per heavy atom. The van der Waals surface area contributed by atoms with Crippen LogP contribution >= 0.6 is 23.6 Å². The van der Waals surface area contributed by atoms with Gasteiger partial charge in [0.2, 0.25) is 5.91 Å². The lowest BCUT2D eigenvalue weighted by atomic mass is 10.00. The molecule has 2 amide bonds. The number of thiophene rings is 1. The second-order valence-electron chi connectivity index (χ2n) is 7.96. The van der Waals surface area contributed by atoms with Gasteiger partial charge in [-0.15, -0.1) is 11.3 Å². The number of benzene rings is 1. The number of nitrogens with zero attached hydrogens (tertiary/aromatic N) is 2. The van der Waals surface area contributed by atoms with Crippen LogP contribution in [0.3, 0.4) is 0 Å². The average Bonchev–Trinajstić information content (AvgIpc) is 3.38. The predicted octanol–water partition coefficient (Wildman–Crippen LogP) is 4.19. The molecule has 2 aromatic heterocycles. The molecule has 0 unspecified atom stereocenters. The minimum absolute atomic E-state index is 0.137. The van der Waals surface area contributed by atoms with Crippen LogP contribution in [0.1, 0.15) is 52.2 Å². The second-order valence-corrected chi connectivity index (χ2v) is 9.48. The van der Waals surface area contributed by atoms with Crippen molar-refractivity contribution in [1.82, 2.24) is 25.6 Å². The Labute approximate surface area is 201 Å². The Morgan fingerprint density at radius 1 is 1.15 bits per heavy atom. The van der Waals surface area contributed by atoms with Crippen molar-refractivity contribution in [3.05, 3.63) is 50.4 Å². The Bertz CT molecular complexity index is 1150. The molecule has 4 rings (SSSR count). The summed E-state index contributed by atoms with van der Waals surface area (Å²) in [6.07, 6.45) is 7.01. The molecule has 2 heterocycles. The van der Waals surface area contributed by atoms with Gasteiger partial charge in [0.1, 0.15) is 5.75 Å². The number of rotatable bonds is 6. The topological polar surface area (TPSA) is 101 Å². The molecule has 0 aliphatic heterocycles. The number of ether oxygens (including phenoxy) is 1. The molecular weight excluding hydrogens is 458 g/mol. The Hall–Kier alpha value is -2.98. The summed E-state index contributed by atoms with van der Waals surface area (Å²) in [6.45, 7) is 0.325. The number of hydrogen-bond donors (Lipinski definition) is 3. The van der Waals surface area contributed by atoms with Gasteiger partial charge in [-0.05, 0) is 73.8 Å². The molecule has 0 saturated heterocycles. The highest BCUT2D eigenvalue weighted by Crippen LogP contribution is 2.28. The van der Waals surface area contributed by atoms with Crippen molar-refractivity contribution in [2.45, 2.75) is 51.5 Å². The number of hydrazine groups is 1. The number of methoxy groups -OCH3 is 1. The number of amides is 2. The van der Waals surface area contributed by atoms with Crippen molar-refractivity contribution in [3.63, 3.8) is 0 Å². The second kappa shape index (κ2) is 10.8. The van der Waals surface area contributed by atoms with Gasteiger partial charge in [0.15, 0.2) is 10.6 Å². The summed E-state index contributed by atoms with van der Waals surface area (Å²) >= 11 is 6.86. The van der Waals surface area contributed by atoms with Gasteiger partial charge in [-0.25, -0.2) is 0 Å². The van der Waals surface area contributed by atoms with Crippen molar-refractivity contribution in [2.75, 3.05) is 7.11 Å². The quantitative estimate of drug-likeness (QED) is 0.359. The normalized spacial score (nSPS) is 13.5. The molecule has 0 radical (unpaired) electrons. The van der Waals surface area contributed by atoms with Gasteiger partial charge in [-0.3, -0.25) is 30.1 Å². The first-order chi connectivity index (χ1) is 16.0. The van der Waals surface area contributed by atoms with Crippen LogP contribution in [0.2, 0.25) is 0 Å². The fraction of sp³-hybridized carbons (Fsp3) is 0.391. The largest absolute Gasteiger partial charge is 0.497 e. The zero-order chi connectivity index (χ0) is 23.2. The standard InChI is InChI=1S/C23H27N5O3S2/c1-31-17-10-8-15(9-11-17)21-25-27-23(32)28(21)13-12-20(29)24-26-22(30)19-14-16-6-4-2-3-5-7-18(16)33-19/h8-11,14H,2-7,12-13H2,1H3,(H,24,29)(H,26,30)(H,27,32). The van der Waals surface area contributed by atoms with Crippen molar-refractivity contribution in [1.29, 1.82) is 0 Å². The Kier molecular flexibility index (Phi) is 7.56. The number of carbonyl (C=O) groups excluding carboxylic acids is 2. The smallest absolute Gasteiger partial charge is 0.279 e. The van der Waals surface area contributed by atoms with E-state index in [9.17, 15) is 9.59 Å². The van der Waals surface area contributed by atoms with E-state index in [0.717, 1.165) is 30.6 Å². The summed E-state index contributed by atoms with van der Waals surface area (Å²) in [7, 11) is 1.61. The van der Waals surface area contributed by atoms with Crippen LogP contribution in [0.4, 0.5) is 0 Å². The Balaban J connectivity index is 1.33. The highest BCUT2D eigenvalue weighted by Gasteiger charge is 2.17. The SMILES string of the molecule is COc1ccc(-c2n[nH]c(=S)n2CCC(=O)NNC(=O)c2cc3c(s2)CCCCCC3)cc1. The third kappa shape index (κ3) is 5.69. The van der Waals surface area contributed by atoms with Crippen LogP contribution in [0.5, 0.6) is 5.75 Å². The van der Waals surface area contributed by atoms with Crippen LogP contribution < -0.4 is 15.6 Å². The van der Waals surface area contributed by atoms with Crippen LogP contribution in [0.25, 0.3) is 11.4 Å². The summed E-state index contributed by atoms with van der Waals surface area (Å²) in [5, 5.41) is 7.06. The van der Waals surface area contributed by atoms with Crippen LogP contribution in [0, 0.1) is 4.77 Å². The first-order valence-corrected chi connectivity index (χ1v) is 12.3. The summed E-state index contributed by atoms with van der Waals surface area (Å²) in [6, 6.07) is 9.41. The molecule has 3 aromatic rings. The maximum Gasteiger partial charge on any atom is 0.279 e. The molecule has 0 atom stereocenters.